The number of nitrogens with zero attached hydrogens (tertiary/aromatic N) is 3. The zero-order valence-corrected chi connectivity index (χ0v) is 21.3. The molecule has 1 aromatic heterocycles. The number of para-hydroxylation sites is 1. The van der Waals surface area contributed by atoms with Gasteiger partial charge >= 0.3 is 6.03 Å². The number of likely N-dealkylation sites (N-methyl/N-ethyl adjacent to an activating group) is 1. The molecule has 2 aromatic carbocycles. The Bertz CT molecular complexity index is 1200. The van der Waals surface area contributed by atoms with Gasteiger partial charge in [-0.2, -0.15) is 5.10 Å². The molecule has 0 atom stereocenters. The summed E-state index contributed by atoms with van der Waals surface area (Å²) in [4.78, 5) is 27.3. The van der Waals surface area contributed by atoms with Gasteiger partial charge in [-0.05, 0) is 50.1 Å². The highest BCUT2D eigenvalue weighted by Gasteiger charge is 2.23. The van der Waals surface area contributed by atoms with Crippen LogP contribution in [0.3, 0.4) is 0 Å². The molecule has 0 saturated heterocycles. The molecule has 8 heteroatoms. The summed E-state index contributed by atoms with van der Waals surface area (Å²) in [5.41, 5.74) is 4.05. The van der Waals surface area contributed by atoms with Gasteiger partial charge in [-0.25, -0.2) is 9.48 Å². The molecular formula is C26H32ClN5O2. The molecule has 1 heterocycles. The molecule has 0 bridgehead atoms. The molecule has 0 spiro atoms. The van der Waals surface area contributed by atoms with Crippen LogP contribution in [0.25, 0.3) is 5.69 Å². The Hall–Kier alpha value is -3.32. The normalized spacial score (nSPS) is 11.3. The number of aromatic nitrogens is 2. The molecule has 0 unspecified atom stereocenters. The Kier molecular flexibility index (Phi) is 7.67. The Morgan fingerprint density at radius 3 is 2.41 bits per heavy atom. The lowest BCUT2D eigenvalue weighted by Gasteiger charge is -2.22. The first-order valence-corrected chi connectivity index (χ1v) is 11.7. The zero-order valence-electron chi connectivity index (χ0n) is 20.6. The number of carbonyl (C=O) groups excluding carboxylic acids is 2. The predicted molar refractivity (Wildman–Crippen MR) is 138 cm³/mol. The highest BCUT2D eigenvalue weighted by atomic mass is 35.5. The molecule has 3 rings (SSSR count). The van der Waals surface area contributed by atoms with Crippen molar-refractivity contribution >= 4 is 35.0 Å². The van der Waals surface area contributed by atoms with Crippen molar-refractivity contribution in [2.75, 3.05) is 23.7 Å². The molecule has 0 aliphatic carbocycles. The maximum absolute atomic E-state index is 13.0. The lowest BCUT2D eigenvalue weighted by molar-refractivity contribution is -0.116. The maximum atomic E-state index is 13.0. The summed E-state index contributed by atoms with van der Waals surface area (Å²) in [6.07, 6.45) is 0. The van der Waals surface area contributed by atoms with Crippen LogP contribution in [-0.2, 0) is 10.2 Å². The molecule has 3 amide bonds. The van der Waals surface area contributed by atoms with E-state index < -0.39 is 0 Å². The fourth-order valence-electron chi connectivity index (χ4n) is 3.41. The van der Waals surface area contributed by atoms with Crippen molar-refractivity contribution in [1.82, 2.24) is 14.7 Å². The van der Waals surface area contributed by atoms with Crippen LogP contribution in [0.4, 0.5) is 16.3 Å². The monoisotopic (exact) mass is 481 g/mol. The quantitative estimate of drug-likeness (QED) is 0.457. The predicted octanol–water partition coefficient (Wildman–Crippen LogP) is 5.93. The molecule has 0 aliphatic rings. The second kappa shape index (κ2) is 10.3. The summed E-state index contributed by atoms with van der Waals surface area (Å²) in [5, 5.41) is 11.0. The highest BCUT2D eigenvalue weighted by molar-refractivity contribution is 6.32. The topological polar surface area (TPSA) is 79.3 Å². The van der Waals surface area contributed by atoms with Crippen LogP contribution in [-0.4, -0.2) is 39.7 Å². The first-order valence-electron chi connectivity index (χ1n) is 11.3. The Labute approximate surface area is 206 Å². The van der Waals surface area contributed by atoms with Crippen LogP contribution in [0.5, 0.6) is 0 Å². The number of urea groups is 1. The molecule has 0 radical (unpaired) electrons. The van der Waals surface area contributed by atoms with E-state index in [-0.39, 0.29) is 23.9 Å². The second-order valence-corrected chi connectivity index (χ2v) is 9.68. The van der Waals surface area contributed by atoms with Crippen molar-refractivity contribution in [2.45, 2.75) is 47.0 Å². The smallest absolute Gasteiger partial charge is 0.315 e. The third kappa shape index (κ3) is 5.78. The average Bonchev–Trinajstić information content (AvgIpc) is 3.19. The lowest BCUT2D eigenvalue weighted by Crippen LogP contribution is -2.40. The summed E-state index contributed by atoms with van der Waals surface area (Å²) >= 11 is 6.41. The molecular weight excluding hydrogens is 450 g/mol. The van der Waals surface area contributed by atoms with E-state index in [1.165, 1.54) is 4.90 Å². The minimum atomic E-state index is -0.332. The number of hydrogen-bond donors (Lipinski definition) is 2. The van der Waals surface area contributed by atoms with E-state index in [0.717, 1.165) is 22.5 Å². The molecule has 7 nitrogen and oxygen atoms in total. The third-order valence-electron chi connectivity index (χ3n) is 5.68. The molecule has 0 aliphatic heterocycles. The number of carbonyl (C=O) groups is 2. The van der Waals surface area contributed by atoms with Crippen LogP contribution < -0.4 is 10.6 Å². The van der Waals surface area contributed by atoms with Gasteiger partial charge < -0.3 is 15.5 Å². The Morgan fingerprint density at radius 1 is 1.06 bits per heavy atom. The standard InChI is InChI=1S/C26H32ClN5O2/c1-7-31(25(34)28-20-13-10-11-17(2)18(20)3)16-24(33)29-23-15-22(26(4,5)6)30-32(23)21-14-9-8-12-19(21)27/h8-15H,7,16H2,1-6H3,(H,28,34)(H,29,33). The number of anilines is 2. The van der Waals surface area contributed by atoms with Crippen LogP contribution in [0.15, 0.2) is 48.5 Å². The Morgan fingerprint density at radius 2 is 1.76 bits per heavy atom. The summed E-state index contributed by atoms with van der Waals surface area (Å²) in [5.74, 6) is 0.167. The fraction of sp³-hybridized carbons (Fsp3) is 0.346. The first kappa shape index (κ1) is 25.3. The summed E-state index contributed by atoms with van der Waals surface area (Å²) in [6, 6.07) is 14.6. The second-order valence-electron chi connectivity index (χ2n) is 9.27. The van der Waals surface area contributed by atoms with E-state index in [9.17, 15) is 9.59 Å². The van der Waals surface area contributed by atoms with E-state index in [1.54, 1.807) is 10.7 Å². The van der Waals surface area contributed by atoms with Crippen LogP contribution in [0.2, 0.25) is 5.02 Å². The van der Waals surface area contributed by atoms with Gasteiger partial charge in [-0.1, -0.05) is 56.6 Å². The van der Waals surface area contributed by atoms with Gasteiger partial charge in [0.25, 0.3) is 0 Å². The van der Waals surface area contributed by atoms with Gasteiger partial charge in [-0.3, -0.25) is 4.79 Å². The van der Waals surface area contributed by atoms with Gasteiger partial charge in [0, 0.05) is 23.7 Å². The highest BCUT2D eigenvalue weighted by Crippen LogP contribution is 2.29. The van der Waals surface area contributed by atoms with E-state index in [2.05, 4.69) is 10.6 Å². The molecule has 0 fully saturated rings. The van der Waals surface area contributed by atoms with Crippen molar-refractivity contribution in [3.05, 3.63) is 70.4 Å². The summed E-state index contributed by atoms with van der Waals surface area (Å²) in [7, 11) is 0. The van der Waals surface area contributed by atoms with Crippen molar-refractivity contribution in [2.24, 2.45) is 0 Å². The van der Waals surface area contributed by atoms with Gasteiger partial charge in [0.05, 0.1) is 16.4 Å². The number of benzene rings is 2. The van der Waals surface area contributed by atoms with Gasteiger partial charge in [0.2, 0.25) is 5.91 Å². The Balaban J connectivity index is 1.80. The fourth-order valence-corrected chi connectivity index (χ4v) is 3.62. The van der Waals surface area contributed by atoms with Crippen molar-refractivity contribution in [3.8, 4) is 5.69 Å². The van der Waals surface area contributed by atoms with Gasteiger partial charge in [-0.15, -0.1) is 0 Å². The maximum Gasteiger partial charge on any atom is 0.322 e. The minimum Gasteiger partial charge on any atom is -0.315 e. The number of nitrogens with one attached hydrogen (secondary N) is 2. The van der Waals surface area contributed by atoms with Crippen molar-refractivity contribution in [3.63, 3.8) is 0 Å². The average molecular weight is 482 g/mol. The molecule has 180 valence electrons. The zero-order chi connectivity index (χ0) is 25.0. The van der Waals surface area contributed by atoms with Crippen molar-refractivity contribution in [1.29, 1.82) is 0 Å². The minimum absolute atomic E-state index is 0.105. The SMILES string of the molecule is CCN(CC(=O)Nc1cc(C(C)(C)C)nn1-c1ccccc1Cl)C(=O)Nc1cccc(C)c1C. The van der Waals surface area contributed by atoms with E-state index in [4.69, 9.17) is 16.7 Å². The molecule has 34 heavy (non-hydrogen) atoms. The summed E-state index contributed by atoms with van der Waals surface area (Å²) in [6.45, 7) is 12.2. The largest absolute Gasteiger partial charge is 0.322 e. The van der Waals surface area contributed by atoms with E-state index in [0.29, 0.717) is 23.1 Å². The summed E-state index contributed by atoms with van der Waals surface area (Å²) < 4.78 is 1.63. The van der Waals surface area contributed by atoms with Crippen molar-refractivity contribution < 1.29 is 9.59 Å². The molecule has 3 aromatic rings. The van der Waals surface area contributed by atoms with Gasteiger partial charge in [0.15, 0.2) is 0 Å². The van der Waals surface area contributed by atoms with E-state index in [1.807, 2.05) is 84.0 Å². The third-order valence-corrected chi connectivity index (χ3v) is 6.00. The lowest BCUT2D eigenvalue weighted by atomic mass is 9.92. The van der Waals surface area contributed by atoms with Crippen LogP contribution in [0.1, 0.15) is 44.5 Å². The van der Waals surface area contributed by atoms with Crippen LogP contribution in [0, 0.1) is 13.8 Å². The number of aryl methyl sites for hydroxylation is 1. The molecule has 2 N–H and O–H groups in total. The first-order chi connectivity index (χ1) is 16.0. The molecule has 0 saturated carbocycles. The number of amides is 3. The number of halogens is 1. The van der Waals surface area contributed by atoms with Crippen LogP contribution >= 0.6 is 11.6 Å². The number of rotatable bonds is 6. The number of hydrogen-bond acceptors (Lipinski definition) is 3. The van der Waals surface area contributed by atoms with E-state index >= 15 is 0 Å². The van der Waals surface area contributed by atoms with Gasteiger partial charge in [0.1, 0.15) is 12.4 Å².